The van der Waals surface area contributed by atoms with E-state index in [1.807, 2.05) is 25.1 Å². The molecule has 1 aliphatic heterocycles. The van der Waals surface area contributed by atoms with E-state index in [1.54, 1.807) is 6.08 Å². The first kappa shape index (κ1) is 14.9. The van der Waals surface area contributed by atoms with Crippen LogP contribution in [-0.4, -0.2) is 49.3 Å². The van der Waals surface area contributed by atoms with Crippen molar-refractivity contribution in [2.45, 2.75) is 19.4 Å². The summed E-state index contributed by atoms with van der Waals surface area (Å²) in [7, 11) is 0.552. The van der Waals surface area contributed by atoms with Gasteiger partial charge in [-0.05, 0) is 18.1 Å². The van der Waals surface area contributed by atoms with Crippen molar-refractivity contribution in [3.63, 3.8) is 0 Å². The molecule has 0 fully saturated rings. The Hall–Kier alpha value is -1.47. The van der Waals surface area contributed by atoms with Crippen LogP contribution < -0.4 is 4.90 Å². The minimum Gasteiger partial charge on any atom is -0.361 e. The number of sulfonamides is 1. The molecule has 20 heavy (non-hydrogen) atoms. The third-order valence-electron chi connectivity index (χ3n) is 3.32. The average molecular weight is 296 g/mol. The Kier molecular flexibility index (Phi) is 4.39. The van der Waals surface area contributed by atoms with Crippen molar-refractivity contribution in [3.8, 4) is 0 Å². The van der Waals surface area contributed by atoms with Gasteiger partial charge in [-0.3, -0.25) is 0 Å². The maximum Gasteiger partial charge on any atom is 0.214 e. The third kappa shape index (κ3) is 3.16. The highest BCUT2D eigenvalue weighted by Crippen LogP contribution is 2.22. The molecule has 2 rings (SSSR count). The summed E-state index contributed by atoms with van der Waals surface area (Å²) in [6.45, 7) is 4.42. The molecule has 0 saturated carbocycles. The molecule has 0 bridgehead atoms. The summed E-state index contributed by atoms with van der Waals surface area (Å²) in [5.41, 5.74) is 1.84. The predicted octanol–water partition coefficient (Wildman–Crippen LogP) is 0.807. The highest BCUT2D eigenvalue weighted by Gasteiger charge is 2.27. The van der Waals surface area contributed by atoms with Gasteiger partial charge < -0.3 is 4.90 Å². The average Bonchev–Trinajstić information content (AvgIpc) is 2.43. The summed E-state index contributed by atoms with van der Waals surface area (Å²) >= 11 is 0. The van der Waals surface area contributed by atoms with Gasteiger partial charge in [-0.1, -0.05) is 6.08 Å². The van der Waals surface area contributed by atoms with Crippen LogP contribution in [-0.2, 0) is 23.0 Å². The molecule has 1 aromatic heterocycles. The van der Waals surface area contributed by atoms with Crippen molar-refractivity contribution in [3.05, 3.63) is 30.0 Å². The second-order valence-electron chi connectivity index (χ2n) is 5.05. The number of hydrogen-bond acceptors (Lipinski definition) is 5. The van der Waals surface area contributed by atoms with Gasteiger partial charge in [-0.15, -0.1) is 11.7 Å². The maximum absolute atomic E-state index is 12.2. The monoisotopic (exact) mass is 296 g/mol. The number of aromatic nitrogens is 2. The SMILES string of the molecule is C=CCCS(=O)(=O)N1CCc2nnc(N(C)C)cc2C1. The van der Waals surface area contributed by atoms with Crippen LogP contribution in [0.25, 0.3) is 0 Å². The van der Waals surface area contributed by atoms with E-state index in [4.69, 9.17) is 0 Å². The lowest BCUT2D eigenvalue weighted by Gasteiger charge is -2.27. The largest absolute Gasteiger partial charge is 0.361 e. The van der Waals surface area contributed by atoms with Crippen LogP contribution in [0.1, 0.15) is 17.7 Å². The zero-order valence-corrected chi connectivity index (χ0v) is 12.7. The second kappa shape index (κ2) is 5.88. The normalized spacial score (nSPS) is 15.7. The summed E-state index contributed by atoms with van der Waals surface area (Å²) < 4.78 is 25.9. The molecule has 0 aromatic carbocycles. The number of fused-ring (bicyclic) bond motifs is 1. The quantitative estimate of drug-likeness (QED) is 0.752. The standard InChI is InChI=1S/C13H20N4O2S/c1-4-5-8-20(18,19)17-7-6-12-11(10-17)9-13(15-14-12)16(2)3/h4,9H,1,5-8,10H2,2-3H3. The summed E-state index contributed by atoms with van der Waals surface area (Å²) in [6, 6.07) is 1.91. The van der Waals surface area contributed by atoms with Crippen LogP contribution in [0.15, 0.2) is 18.7 Å². The van der Waals surface area contributed by atoms with Gasteiger partial charge in [-0.2, -0.15) is 9.40 Å². The molecule has 1 aliphatic rings. The van der Waals surface area contributed by atoms with Gasteiger partial charge >= 0.3 is 0 Å². The van der Waals surface area contributed by atoms with Gasteiger partial charge in [0, 0.05) is 33.6 Å². The molecule has 0 aliphatic carbocycles. The summed E-state index contributed by atoms with van der Waals surface area (Å²) in [5, 5.41) is 8.31. The molecule has 6 nitrogen and oxygen atoms in total. The lowest BCUT2D eigenvalue weighted by molar-refractivity contribution is 0.386. The van der Waals surface area contributed by atoms with Crippen LogP contribution in [0.2, 0.25) is 0 Å². The Morgan fingerprint density at radius 2 is 2.20 bits per heavy atom. The summed E-state index contributed by atoms with van der Waals surface area (Å²) in [5.74, 6) is 0.860. The first-order valence-corrected chi connectivity index (χ1v) is 8.16. The van der Waals surface area contributed by atoms with Crippen molar-refractivity contribution < 1.29 is 8.42 Å². The molecule has 0 radical (unpaired) electrons. The highest BCUT2D eigenvalue weighted by molar-refractivity contribution is 7.89. The molecule has 0 unspecified atom stereocenters. The van der Waals surface area contributed by atoms with Crippen molar-refractivity contribution in [2.24, 2.45) is 0 Å². The van der Waals surface area contributed by atoms with Crippen LogP contribution in [0.5, 0.6) is 0 Å². The Labute approximate surface area is 120 Å². The van der Waals surface area contributed by atoms with Crippen LogP contribution in [0.4, 0.5) is 5.82 Å². The number of rotatable bonds is 5. The van der Waals surface area contributed by atoms with Crippen molar-refractivity contribution >= 4 is 15.8 Å². The number of allylic oxidation sites excluding steroid dienone is 1. The van der Waals surface area contributed by atoms with Crippen molar-refractivity contribution in [2.75, 3.05) is 31.3 Å². The Morgan fingerprint density at radius 3 is 2.85 bits per heavy atom. The van der Waals surface area contributed by atoms with Crippen molar-refractivity contribution in [1.82, 2.24) is 14.5 Å². The van der Waals surface area contributed by atoms with Crippen LogP contribution in [0, 0.1) is 0 Å². The van der Waals surface area contributed by atoms with Gasteiger partial charge in [0.2, 0.25) is 10.0 Å². The molecule has 110 valence electrons. The van der Waals surface area contributed by atoms with Crippen LogP contribution in [0.3, 0.4) is 0 Å². The number of hydrogen-bond donors (Lipinski definition) is 0. The Morgan fingerprint density at radius 1 is 1.45 bits per heavy atom. The van der Waals surface area contributed by atoms with E-state index in [9.17, 15) is 8.42 Å². The minimum atomic E-state index is -3.22. The highest BCUT2D eigenvalue weighted by atomic mass is 32.2. The van der Waals surface area contributed by atoms with E-state index in [-0.39, 0.29) is 5.75 Å². The lowest BCUT2D eigenvalue weighted by atomic mass is 10.1. The van der Waals surface area contributed by atoms with E-state index in [0.29, 0.717) is 25.9 Å². The summed E-state index contributed by atoms with van der Waals surface area (Å²) in [6.07, 6.45) is 2.72. The zero-order chi connectivity index (χ0) is 14.8. The molecular formula is C13H20N4O2S. The molecule has 0 amide bonds. The fourth-order valence-corrected chi connectivity index (χ4v) is 3.54. The molecule has 2 heterocycles. The first-order valence-electron chi connectivity index (χ1n) is 6.55. The molecule has 0 N–H and O–H groups in total. The molecule has 0 saturated heterocycles. The summed E-state index contributed by atoms with van der Waals surface area (Å²) in [4.78, 5) is 1.86. The van der Waals surface area contributed by atoms with E-state index in [2.05, 4.69) is 16.8 Å². The topological polar surface area (TPSA) is 66.4 Å². The first-order chi connectivity index (χ1) is 9.44. The fraction of sp³-hybridized carbons (Fsp3) is 0.538. The van der Waals surface area contributed by atoms with E-state index in [1.165, 1.54) is 4.31 Å². The van der Waals surface area contributed by atoms with Crippen molar-refractivity contribution in [1.29, 1.82) is 0 Å². The van der Waals surface area contributed by atoms with Gasteiger partial charge in [0.15, 0.2) is 5.82 Å². The minimum absolute atomic E-state index is 0.116. The zero-order valence-electron chi connectivity index (χ0n) is 11.9. The van der Waals surface area contributed by atoms with Crippen LogP contribution >= 0.6 is 0 Å². The molecular weight excluding hydrogens is 276 g/mol. The fourth-order valence-electron chi connectivity index (χ4n) is 2.11. The predicted molar refractivity (Wildman–Crippen MR) is 79.1 cm³/mol. The second-order valence-corrected chi connectivity index (χ2v) is 7.13. The Balaban J connectivity index is 2.21. The van der Waals surface area contributed by atoms with E-state index >= 15 is 0 Å². The smallest absolute Gasteiger partial charge is 0.214 e. The molecule has 7 heteroatoms. The maximum atomic E-state index is 12.2. The number of anilines is 1. The molecule has 0 atom stereocenters. The van der Waals surface area contributed by atoms with Gasteiger partial charge in [0.1, 0.15) is 0 Å². The van der Waals surface area contributed by atoms with Gasteiger partial charge in [0.05, 0.1) is 11.4 Å². The lowest BCUT2D eigenvalue weighted by Crippen LogP contribution is -2.38. The molecule has 1 aromatic rings. The molecule has 0 spiro atoms. The van der Waals surface area contributed by atoms with Gasteiger partial charge in [0.25, 0.3) is 0 Å². The van der Waals surface area contributed by atoms with Gasteiger partial charge in [-0.25, -0.2) is 8.42 Å². The third-order valence-corrected chi connectivity index (χ3v) is 5.17. The van der Waals surface area contributed by atoms with E-state index < -0.39 is 10.0 Å². The van der Waals surface area contributed by atoms with E-state index in [0.717, 1.165) is 17.1 Å². The number of nitrogens with zero attached hydrogens (tertiary/aromatic N) is 4. The Bertz CT molecular complexity index is 598.